The van der Waals surface area contributed by atoms with Gasteiger partial charge in [-0.05, 0) is 25.0 Å². The van der Waals surface area contributed by atoms with Crippen LogP contribution in [0.1, 0.15) is 37.0 Å². The van der Waals surface area contributed by atoms with Crippen molar-refractivity contribution < 1.29 is 9.21 Å². The van der Waals surface area contributed by atoms with Crippen LogP contribution in [0.25, 0.3) is 0 Å². The fourth-order valence-electron chi connectivity index (χ4n) is 2.12. The topological polar surface area (TPSA) is 90.2 Å². The molecule has 2 heterocycles. The summed E-state index contributed by atoms with van der Waals surface area (Å²) in [6, 6.07) is 3.73. The van der Waals surface area contributed by atoms with Gasteiger partial charge in [0.15, 0.2) is 5.69 Å². The maximum Gasteiger partial charge on any atom is 0.276 e. The minimum atomic E-state index is -0.152. The molecule has 2 N–H and O–H groups in total. The van der Waals surface area contributed by atoms with Crippen molar-refractivity contribution in [3.05, 3.63) is 36.0 Å². The Morgan fingerprint density at radius 2 is 2.23 bits per heavy atom. The summed E-state index contributed by atoms with van der Waals surface area (Å²) in [4.78, 5) is 14.5. The number of rotatable bonds is 7. The number of carbonyl (C=O) groups is 1. The summed E-state index contributed by atoms with van der Waals surface area (Å²) in [5, 5.41) is 7.89. The second-order valence-electron chi connectivity index (χ2n) is 5.65. The van der Waals surface area contributed by atoms with E-state index in [9.17, 15) is 4.79 Å². The summed E-state index contributed by atoms with van der Waals surface area (Å²) in [7, 11) is 0. The van der Waals surface area contributed by atoms with Crippen LogP contribution in [-0.2, 0) is 13.1 Å². The van der Waals surface area contributed by atoms with Crippen molar-refractivity contribution >= 4 is 5.91 Å². The lowest BCUT2D eigenvalue weighted by molar-refractivity contribution is 0.0604. The van der Waals surface area contributed by atoms with E-state index in [1.54, 1.807) is 22.0 Å². The van der Waals surface area contributed by atoms with Crippen molar-refractivity contribution in [2.45, 2.75) is 39.9 Å². The fourth-order valence-corrected chi connectivity index (χ4v) is 2.12. The van der Waals surface area contributed by atoms with Gasteiger partial charge in [0.25, 0.3) is 5.91 Å². The molecule has 0 spiro atoms. The minimum Gasteiger partial charge on any atom is -0.467 e. The van der Waals surface area contributed by atoms with Gasteiger partial charge in [-0.3, -0.25) is 9.48 Å². The van der Waals surface area contributed by atoms with Gasteiger partial charge in [0, 0.05) is 12.6 Å². The van der Waals surface area contributed by atoms with Crippen LogP contribution in [0.3, 0.4) is 0 Å². The molecule has 0 aliphatic heterocycles. The third kappa shape index (κ3) is 3.73. The highest BCUT2D eigenvalue weighted by atomic mass is 16.3. The summed E-state index contributed by atoms with van der Waals surface area (Å²) in [6.07, 6.45) is 3.24. The Balaban J connectivity index is 2.20. The largest absolute Gasteiger partial charge is 0.467 e. The summed E-state index contributed by atoms with van der Waals surface area (Å²) >= 11 is 0. The molecule has 0 aromatic carbocycles. The van der Waals surface area contributed by atoms with E-state index < -0.39 is 0 Å². The molecular formula is C15H23N5O2. The molecule has 0 fully saturated rings. The van der Waals surface area contributed by atoms with Crippen molar-refractivity contribution in [1.29, 1.82) is 0 Å². The molecule has 120 valence electrons. The molecule has 0 bridgehead atoms. The van der Waals surface area contributed by atoms with Crippen LogP contribution in [0.2, 0.25) is 0 Å². The van der Waals surface area contributed by atoms with Gasteiger partial charge in [-0.2, -0.15) is 0 Å². The van der Waals surface area contributed by atoms with Crippen LogP contribution in [0.5, 0.6) is 0 Å². The van der Waals surface area contributed by atoms with Gasteiger partial charge < -0.3 is 15.1 Å². The highest BCUT2D eigenvalue weighted by Gasteiger charge is 2.26. The first-order valence-electron chi connectivity index (χ1n) is 7.46. The van der Waals surface area contributed by atoms with Crippen molar-refractivity contribution in [3.63, 3.8) is 0 Å². The minimum absolute atomic E-state index is 0.0530. The summed E-state index contributed by atoms with van der Waals surface area (Å²) < 4.78 is 6.95. The quantitative estimate of drug-likeness (QED) is 0.837. The van der Waals surface area contributed by atoms with Gasteiger partial charge in [-0.15, -0.1) is 5.10 Å². The Kier molecular flexibility index (Phi) is 5.32. The first-order chi connectivity index (χ1) is 10.5. The molecule has 1 unspecified atom stereocenters. The van der Waals surface area contributed by atoms with Crippen LogP contribution in [0.4, 0.5) is 0 Å². The smallest absolute Gasteiger partial charge is 0.276 e. The molecule has 0 saturated heterocycles. The zero-order chi connectivity index (χ0) is 16.1. The Bertz CT molecular complexity index is 591. The molecule has 7 nitrogen and oxygen atoms in total. The fraction of sp³-hybridized carbons (Fsp3) is 0.533. The second kappa shape index (κ2) is 7.22. The lowest BCUT2D eigenvalue weighted by Gasteiger charge is -2.30. The van der Waals surface area contributed by atoms with E-state index in [4.69, 9.17) is 10.2 Å². The van der Waals surface area contributed by atoms with Gasteiger partial charge in [0.1, 0.15) is 5.76 Å². The van der Waals surface area contributed by atoms with Crippen LogP contribution in [0.15, 0.2) is 29.0 Å². The van der Waals surface area contributed by atoms with Crippen LogP contribution in [0, 0.1) is 5.92 Å². The SMILES string of the molecule is CC(C)C(C)N(Cc1ccco1)C(=O)c1cn(CCN)nn1. The molecule has 7 heteroatoms. The summed E-state index contributed by atoms with van der Waals surface area (Å²) in [6.45, 7) is 7.59. The number of hydrogen-bond acceptors (Lipinski definition) is 5. The van der Waals surface area contributed by atoms with Gasteiger partial charge in [-0.25, -0.2) is 0 Å². The van der Waals surface area contributed by atoms with E-state index in [1.165, 1.54) is 0 Å². The van der Waals surface area contributed by atoms with Crippen molar-refractivity contribution in [2.75, 3.05) is 6.54 Å². The number of carbonyl (C=O) groups excluding carboxylic acids is 1. The molecule has 0 radical (unpaired) electrons. The predicted octanol–water partition coefficient (Wildman–Crippen LogP) is 1.52. The normalized spacial score (nSPS) is 12.6. The highest BCUT2D eigenvalue weighted by Crippen LogP contribution is 2.17. The van der Waals surface area contributed by atoms with E-state index in [-0.39, 0.29) is 11.9 Å². The van der Waals surface area contributed by atoms with Crippen LogP contribution < -0.4 is 5.73 Å². The van der Waals surface area contributed by atoms with Crippen LogP contribution in [-0.4, -0.2) is 38.4 Å². The van der Waals surface area contributed by atoms with E-state index in [2.05, 4.69) is 24.2 Å². The predicted molar refractivity (Wildman–Crippen MR) is 82.0 cm³/mol. The third-order valence-corrected chi connectivity index (χ3v) is 3.74. The molecule has 1 atom stereocenters. The standard InChI is InChI=1S/C15H23N5O2/c1-11(2)12(3)20(9-13-5-4-8-22-13)15(21)14-10-19(7-6-16)18-17-14/h4-5,8,10-12H,6-7,9,16H2,1-3H3. The lowest BCUT2D eigenvalue weighted by atomic mass is 10.0. The maximum atomic E-state index is 12.8. The Labute approximate surface area is 130 Å². The van der Waals surface area contributed by atoms with Crippen molar-refractivity contribution in [2.24, 2.45) is 11.7 Å². The molecule has 1 amide bonds. The molecule has 2 aromatic heterocycles. The number of aromatic nitrogens is 3. The summed E-state index contributed by atoms with van der Waals surface area (Å²) in [5.41, 5.74) is 5.81. The lowest BCUT2D eigenvalue weighted by Crippen LogP contribution is -2.41. The summed E-state index contributed by atoms with van der Waals surface area (Å²) in [5.74, 6) is 0.911. The number of amides is 1. The molecule has 2 rings (SSSR count). The monoisotopic (exact) mass is 305 g/mol. The van der Waals surface area contributed by atoms with Gasteiger partial charge in [0.2, 0.25) is 0 Å². The van der Waals surface area contributed by atoms with E-state index >= 15 is 0 Å². The zero-order valence-corrected chi connectivity index (χ0v) is 13.3. The molecular weight excluding hydrogens is 282 g/mol. The van der Waals surface area contributed by atoms with Crippen molar-refractivity contribution in [1.82, 2.24) is 19.9 Å². The van der Waals surface area contributed by atoms with E-state index in [0.29, 0.717) is 31.2 Å². The van der Waals surface area contributed by atoms with E-state index in [0.717, 1.165) is 5.76 Å². The van der Waals surface area contributed by atoms with Gasteiger partial charge in [-0.1, -0.05) is 19.1 Å². The van der Waals surface area contributed by atoms with Gasteiger partial charge >= 0.3 is 0 Å². The number of nitrogens with zero attached hydrogens (tertiary/aromatic N) is 4. The average molecular weight is 305 g/mol. The van der Waals surface area contributed by atoms with E-state index in [1.807, 2.05) is 19.1 Å². The third-order valence-electron chi connectivity index (χ3n) is 3.74. The molecule has 22 heavy (non-hydrogen) atoms. The zero-order valence-electron chi connectivity index (χ0n) is 13.3. The average Bonchev–Trinajstić information content (AvgIpc) is 3.15. The highest BCUT2D eigenvalue weighted by molar-refractivity contribution is 5.92. The molecule has 0 aliphatic rings. The van der Waals surface area contributed by atoms with Crippen molar-refractivity contribution in [3.8, 4) is 0 Å². The maximum absolute atomic E-state index is 12.8. The molecule has 0 aliphatic carbocycles. The molecule has 0 saturated carbocycles. The number of nitrogens with two attached hydrogens (primary N) is 1. The first kappa shape index (κ1) is 16.2. The Morgan fingerprint density at radius 3 is 2.82 bits per heavy atom. The number of furan rings is 1. The van der Waals surface area contributed by atoms with Crippen LogP contribution >= 0.6 is 0 Å². The Hall–Kier alpha value is -2.15. The number of hydrogen-bond donors (Lipinski definition) is 1. The Morgan fingerprint density at radius 1 is 1.45 bits per heavy atom. The first-order valence-corrected chi connectivity index (χ1v) is 7.46. The second-order valence-corrected chi connectivity index (χ2v) is 5.65. The van der Waals surface area contributed by atoms with Gasteiger partial charge in [0.05, 0.1) is 25.5 Å². The molecule has 2 aromatic rings.